The molecule has 0 fully saturated rings. The fourth-order valence-corrected chi connectivity index (χ4v) is 10.9. The first-order valence-electron chi connectivity index (χ1n) is 24.2. The Balaban J connectivity index is 1.07. The molecule has 2 N–H and O–H groups in total. The van der Waals surface area contributed by atoms with Gasteiger partial charge in [-0.05, 0) is 164 Å². The van der Waals surface area contributed by atoms with E-state index in [-0.39, 0.29) is 11.6 Å². The number of hydrogen-bond donors (Lipinski definition) is 2. The minimum absolute atomic E-state index is 0.174. The maximum Gasteiger partial charge on any atom is 0.186 e. The van der Waals surface area contributed by atoms with Gasteiger partial charge < -0.3 is 9.97 Å². The number of allylic oxidation sites excluding steroid dienone is 4. The van der Waals surface area contributed by atoms with E-state index < -0.39 is 0 Å². The van der Waals surface area contributed by atoms with E-state index in [0.717, 1.165) is 139 Å². The quantitative estimate of drug-likeness (QED) is 0.163. The lowest BCUT2D eigenvalue weighted by atomic mass is 9.84. The summed E-state index contributed by atoms with van der Waals surface area (Å²) < 4.78 is 0. The number of hydrogen-bond acceptors (Lipinski definition) is 4. The van der Waals surface area contributed by atoms with Crippen molar-refractivity contribution >= 4 is 85.1 Å². The molecule has 0 spiro atoms. The molecule has 5 heterocycles. The number of aromatic nitrogens is 4. The van der Waals surface area contributed by atoms with Crippen LogP contribution in [0.1, 0.15) is 39.5 Å². The summed E-state index contributed by atoms with van der Waals surface area (Å²) in [7, 11) is 0. The Kier molecular flexibility index (Phi) is 10.1. The standard InChI is InChI=1S/C66H44N4O2/c1-39-36-53(40(2)35-52(39)48-21-9-17-41-18-11-23-50(62(41)48)54-38-47(71)27-34-61(54)72)49-22-10-19-42-20-12-24-51(63(42)49)66-59-32-30-57(69-59)64(43-13-5-3-6-14-43)55-28-25-45(67-55)37-46-26-29-56(68-46)65(44-15-7-4-8-16-44)58-31-33-60(66)70-58/h3-38,67,70H,1-2H3. The van der Waals surface area contributed by atoms with E-state index in [1.54, 1.807) is 0 Å². The van der Waals surface area contributed by atoms with E-state index >= 15 is 0 Å². The molecule has 0 amide bonds. The van der Waals surface area contributed by atoms with Crippen LogP contribution in [0.25, 0.3) is 129 Å². The lowest BCUT2D eigenvalue weighted by Gasteiger charge is -2.19. The number of rotatable bonds is 6. The summed E-state index contributed by atoms with van der Waals surface area (Å²) in [5.41, 5.74) is 21.0. The molecule has 10 aromatic rings. The lowest BCUT2D eigenvalue weighted by Crippen LogP contribution is -2.07. The second-order valence-electron chi connectivity index (χ2n) is 18.6. The van der Waals surface area contributed by atoms with Crippen LogP contribution in [0.3, 0.4) is 0 Å². The number of carbonyl (C=O) groups excluding carboxylic acids is 2. The Morgan fingerprint density at radius 1 is 0.389 bits per heavy atom. The van der Waals surface area contributed by atoms with Crippen LogP contribution in [0.4, 0.5) is 0 Å². The predicted octanol–water partition coefficient (Wildman–Crippen LogP) is 16.0. The first-order valence-corrected chi connectivity index (χ1v) is 24.2. The molecule has 3 aliphatic rings. The molecular formula is C66H44N4O2. The fourth-order valence-electron chi connectivity index (χ4n) is 10.9. The lowest BCUT2D eigenvalue weighted by molar-refractivity contribution is -0.113. The molecule has 6 nitrogen and oxygen atoms in total. The number of aryl methyl sites for hydroxylation is 2. The molecule has 8 bridgehead atoms. The van der Waals surface area contributed by atoms with Gasteiger partial charge in [-0.15, -0.1) is 0 Å². The fraction of sp³-hybridized carbons (Fsp3) is 0.0303. The summed E-state index contributed by atoms with van der Waals surface area (Å²) in [5.74, 6) is -0.364. The highest BCUT2D eigenvalue weighted by atomic mass is 16.1. The highest BCUT2D eigenvalue weighted by molar-refractivity contribution is 6.36. The second kappa shape index (κ2) is 17.2. The summed E-state index contributed by atoms with van der Waals surface area (Å²) in [4.78, 5) is 44.3. The molecule has 2 aliphatic heterocycles. The van der Waals surface area contributed by atoms with Gasteiger partial charge in [-0.2, -0.15) is 0 Å². The van der Waals surface area contributed by atoms with Gasteiger partial charge in [0.1, 0.15) is 0 Å². The van der Waals surface area contributed by atoms with E-state index in [1.165, 1.54) is 18.2 Å². The number of aromatic amines is 2. The van der Waals surface area contributed by atoms with Crippen molar-refractivity contribution in [3.63, 3.8) is 0 Å². The Morgan fingerprint density at radius 3 is 1.51 bits per heavy atom. The molecule has 3 aromatic heterocycles. The zero-order chi connectivity index (χ0) is 48.5. The second-order valence-corrected chi connectivity index (χ2v) is 18.6. The van der Waals surface area contributed by atoms with Gasteiger partial charge in [-0.25, -0.2) is 9.97 Å². The number of H-pyrrole nitrogens is 2. The number of nitrogens with zero attached hydrogens (tertiary/aromatic N) is 2. The zero-order valence-corrected chi connectivity index (χ0v) is 39.5. The van der Waals surface area contributed by atoms with E-state index in [0.29, 0.717) is 5.57 Å². The Hall–Kier alpha value is -9.52. The minimum Gasteiger partial charge on any atom is -0.355 e. The van der Waals surface area contributed by atoms with Gasteiger partial charge in [-0.3, -0.25) is 9.59 Å². The van der Waals surface area contributed by atoms with Crippen molar-refractivity contribution in [1.82, 2.24) is 19.9 Å². The van der Waals surface area contributed by atoms with Crippen LogP contribution in [-0.4, -0.2) is 31.5 Å². The van der Waals surface area contributed by atoms with Crippen LogP contribution < -0.4 is 0 Å². The number of nitrogens with one attached hydrogen (secondary N) is 2. The Labute approximate surface area is 415 Å². The van der Waals surface area contributed by atoms with Crippen molar-refractivity contribution in [2.75, 3.05) is 0 Å². The molecule has 0 radical (unpaired) electrons. The topological polar surface area (TPSA) is 91.5 Å². The highest BCUT2D eigenvalue weighted by Crippen LogP contribution is 2.45. The van der Waals surface area contributed by atoms with Gasteiger partial charge in [0.25, 0.3) is 0 Å². The third-order valence-electron chi connectivity index (χ3n) is 14.2. The molecule has 7 aromatic carbocycles. The number of carbonyl (C=O) groups is 2. The molecule has 13 rings (SSSR count). The first-order chi connectivity index (χ1) is 35.3. The maximum atomic E-state index is 13.3. The molecule has 0 atom stereocenters. The van der Waals surface area contributed by atoms with Crippen molar-refractivity contribution in [1.29, 1.82) is 0 Å². The molecular weight excluding hydrogens is 881 g/mol. The summed E-state index contributed by atoms with van der Waals surface area (Å²) in [6.45, 7) is 4.34. The van der Waals surface area contributed by atoms with E-state index in [1.807, 2.05) is 24.3 Å². The van der Waals surface area contributed by atoms with Crippen molar-refractivity contribution in [3.05, 3.63) is 234 Å². The summed E-state index contributed by atoms with van der Waals surface area (Å²) in [6, 6.07) is 61.5. The average molecular weight is 925 g/mol. The molecule has 0 unspecified atom stereocenters. The van der Waals surface area contributed by atoms with Crippen LogP contribution in [0, 0.1) is 13.8 Å². The zero-order valence-electron chi connectivity index (χ0n) is 39.5. The van der Waals surface area contributed by atoms with Crippen molar-refractivity contribution in [2.24, 2.45) is 0 Å². The number of fused-ring (bicyclic) bond motifs is 10. The van der Waals surface area contributed by atoms with Crippen molar-refractivity contribution in [3.8, 4) is 55.6 Å². The van der Waals surface area contributed by atoms with Crippen LogP contribution in [0.5, 0.6) is 0 Å². The third-order valence-corrected chi connectivity index (χ3v) is 14.2. The van der Waals surface area contributed by atoms with Gasteiger partial charge in [0.05, 0.1) is 22.8 Å². The van der Waals surface area contributed by atoms with Gasteiger partial charge in [0.2, 0.25) is 0 Å². The molecule has 72 heavy (non-hydrogen) atoms. The van der Waals surface area contributed by atoms with Crippen molar-refractivity contribution < 1.29 is 9.59 Å². The summed E-state index contributed by atoms with van der Waals surface area (Å²) in [6.07, 6.45) is 12.7. The van der Waals surface area contributed by atoms with E-state index in [4.69, 9.17) is 9.97 Å². The molecule has 0 saturated carbocycles. The normalized spacial score (nSPS) is 13.1. The van der Waals surface area contributed by atoms with Crippen LogP contribution in [0.2, 0.25) is 0 Å². The van der Waals surface area contributed by atoms with Crippen LogP contribution >= 0.6 is 0 Å². The maximum absolute atomic E-state index is 13.3. The third kappa shape index (κ3) is 7.28. The average Bonchev–Trinajstić information content (AvgIpc) is 4.27. The Morgan fingerprint density at radius 2 is 0.889 bits per heavy atom. The van der Waals surface area contributed by atoms with Gasteiger partial charge in [-0.1, -0.05) is 146 Å². The number of benzene rings is 7. The smallest absolute Gasteiger partial charge is 0.186 e. The molecule has 6 heteroatoms. The minimum atomic E-state index is -0.190. The van der Waals surface area contributed by atoms with Crippen LogP contribution in [-0.2, 0) is 9.59 Å². The van der Waals surface area contributed by atoms with Crippen LogP contribution in [0.15, 0.2) is 194 Å². The number of ketones is 2. The van der Waals surface area contributed by atoms with Gasteiger partial charge in [0.15, 0.2) is 11.6 Å². The summed E-state index contributed by atoms with van der Waals surface area (Å²) >= 11 is 0. The highest BCUT2D eigenvalue weighted by Gasteiger charge is 2.23. The van der Waals surface area contributed by atoms with Crippen molar-refractivity contribution in [2.45, 2.75) is 13.8 Å². The first kappa shape index (κ1) is 42.6. The Bertz CT molecular complexity index is 4210. The largest absolute Gasteiger partial charge is 0.355 e. The van der Waals surface area contributed by atoms with Gasteiger partial charge in [0, 0.05) is 44.3 Å². The summed E-state index contributed by atoms with van der Waals surface area (Å²) in [5, 5.41) is 4.16. The SMILES string of the molecule is Cc1cc(-c2cccc3cccc(-c4c5nc(c(-c6ccccc6)c6ccc(cc7nc(c(-c8ccccc8)c8ccc4[nH]8)C=C7)[nH]6)C=C5)c23)c(C)cc1-c1cccc2cccc(C3=CC(=O)C=CC3=O)c12. The monoisotopic (exact) mass is 924 g/mol. The van der Waals surface area contributed by atoms with E-state index in [2.05, 4.69) is 200 Å². The molecule has 0 saturated heterocycles. The van der Waals surface area contributed by atoms with Gasteiger partial charge >= 0.3 is 0 Å². The van der Waals surface area contributed by atoms with E-state index in [9.17, 15) is 9.59 Å². The molecule has 340 valence electrons. The molecule has 1 aliphatic carbocycles. The predicted molar refractivity (Wildman–Crippen MR) is 298 cm³/mol.